The molecule has 0 spiro atoms. The van der Waals surface area contributed by atoms with Gasteiger partial charge in [-0.2, -0.15) is 0 Å². The molecule has 2 fully saturated rings. The summed E-state index contributed by atoms with van der Waals surface area (Å²) in [7, 11) is 1.67. The fraction of sp³-hybridized carbons (Fsp3) is 0.889. The van der Waals surface area contributed by atoms with Crippen LogP contribution < -0.4 is 5.32 Å². The third-order valence-electron chi connectivity index (χ3n) is 2.82. The Balaban J connectivity index is 2.03. The quantitative estimate of drug-likeness (QED) is 0.719. The van der Waals surface area contributed by atoms with E-state index >= 15 is 0 Å². The number of thioether (sulfide) groups is 1. The first-order chi connectivity index (χ1) is 6.68. The van der Waals surface area contributed by atoms with Crippen molar-refractivity contribution >= 4 is 17.7 Å². The first-order valence-electron chi connectivity index (χ1n) is 4.81. The third kappa shape index (κ3) is 1.76. The highest BCUT2D eigenvalue weighted by Gasteiger charge is 2.51. The molecular formula is C9H15NO3S. The number of hydrogen-bond donors (Lipinski definition) is 2. The van der Waals surface area contributed by atoms with Crippen molar-refractivity contribution in [3.63, 3.8) is 0 Å². The van der Waals surface area contributed by atoms with Crippen molar-refractivity contribution in [1.82, 2.24) is 5.32 Å². The van der Waals surface area contributed by atoms with Gasteiger partial charge < -0.3 is 9.84 Å². The minimum absolute atomic E-state index is 0.127. The first-order valence-corrected chi connectivity index (χ1v) is 5.80. The van der Waals surface area contributed by atoms with Crippen molar-refractivity contribution in [2.24, 2.45) is 5.92 Å². The van der Waals surface area contributed by atoms with Gasteiger partial charge in [-0.1, -0.05) is 0 Å². The van der Waals surface area contributed by atoms with Gasteiger partial charge in [0.2, 0.25) is 0 Å². The van der Waals surface area contributed by atoms with Crippen LogP contribution in [0.2, 0.25) is 0 Å². The monoisotopic (exact) mass is 217 g/mol. The van der Waals surface area contributed by atoms with Crippen molar-refractivity contribution in [2.75, 3.05) is 19.5 Å². The second-order valence-electron chi connectivity index (χ2n) is 3.94. The van der Waals surface area contributed by atoms with Crippen LogP contribution in [-0.4, -0.2) is 41.5 Å². The summed E-state index contributed by atoms with van der Waals surface area (Å²) in [5, 5.41) is 12.1. The van der Waals surface area contributed by atoms with E-state index in [9.17, 15) is 4.79 Å². The van der Waals surface area contributed by atoms with Crippen molar-refractivity contribution in [3.8, 4) is 0 Å². The molecule has 1 saturated carbocycles. The Labute approximate surface area is 87.4 Å². The van der Waals surface area contributed by atoms with E-state index in [1.54, 1.807) is 18.9 Å². The largest absolute Gasteiger partial charge is 0.480 e. The van der Waals surface area contributed by atoms with Gasteiger partial charge in [-0.3, -0.25) is 10.1 Å². The molecule has 1 aliphatic heterocycles. The second kappa shape index (κ2) is 3.72. The molecule has 0 aromatic heterocycles. The maximum Gasteiger partial charge on any atom is 0.321 e. The van der Waals surface area contributed by atoms with Crippen molar-refractivity contribution in [1.29, 1.82) is 0 Å². The fourth-order valence-corrected chi connectivity index (χ4v) is 3.53. The van der Waals surface area contributed by atoms with E-state index in [0.29, 0.717) is 18.3 Å². The van der Waals surface area contributed by atoms with Crippen LogP contribution in [-0.2, 0) is 9.53 Å². The molecule has 4 nitrogen and oxygen atoms in total. The summed E-state index contributed by atoms with van der Waals surface area (Å²) >= 11 is 1.70. The van der Waals surface area contributed by atoms with Crippen molar-refractivity contribution < 1.29 is 14.6 Å². The molecule has 0 bridgehead atoms. The number of carboxylic acids is 1. The van der Waals surface area contributed by atoms with Crippen LogP contribution >= 0.6 is 11.8 Å². The molecule has 2 rings (SSSR count). The minimum atomic E-state index is -0.754. The molecule has 1 unspecified atom stereocenters. The molecule has 0 aromatic rings. The van der Waals surface area contributed by atoms with Crippen LogP contribution in [0, 0.1) is 5.92 Å². The Morgan fingerprint density at radius 1 is 1.71 bits per heavy atom. The van der Waals surface area contributed by atoms with Gasteiger partial charge in [0.05, 0.1) is 11.5 Å². The summed E-state index contributed by atoms with van der Waals surface area (Å²) in [5.74, 6) is 0.489. The summed E-state index contributed by atoms with van der Waals surface area (Å²) in [6.07, 6.45) is 2.38. The standard InChI is InChI=1S/C9H15NO3S/c1-13-5-9(6-2-3-6)10-7(4-14-9)8(11)12/h6-7,10H,2-5H2,1H3,(H,11,12)/t7-,9?/m1/s1. The number of ether oxygens (including phenoxy) is 1. The van der Waals surface area contributed by atoms with Gasteiger partial charge in [-0.05, 0) is 18.8 Å². The highest BCUT2D eigenvalue weighted by atomic mass is 32.2. The van der Waals surface area contributed by atoms with E-state index in [1.807, 2.05) is 0 Å². The lowest BCUT2D eigenvalue weighted by Gasteiger charge is -2.28. The van der Waals surface area contributed by atoms with E-state index in [2.05, 4.69) is 5.32 Å². The maximum absolute atomic E-state index is 10.8. The van der Waals surface area contributed by atoms with Crippen LogP contribution in [0.4, 0.5) is 0 Å². The molecule has 0 aromatic carbocycles. The average Bonchev–Trinajstić information content (AvgIpc) is 2.90. The summed E-state index contributed by atoms with van der Waals surface area (Å²) in [5.41, 5.74) is 0. The molecular weight excluding hydrogens is 202 g/mol. The van der Waals surface area contributed by atoms with Crippen molar-refractivity contribution in [2.45, 2.75) is 23.8 Å². The predicted molar refractivity (Wildman–Crippen MR) is 54.3 cm³/mol. The zero-order valence-corrected chi connectivity index (χ0v) is 8.97. The summed E-state index contributed by atoms with van der Waals surface area (Å²) in [4.78, 5) is 10.7. The van der Waals surface area contributed by atoms with Gasteiger partial charge in [0.15, 0.2) is 0 Å². The Morgan fingerprint density at radius 2 is 2.43 bits per heavy atom. The average molecular weight is 217 g/mol. The van der Waals surface area contributed by atoms with Crippen LogP contribution in [0.25, 0.3) is 0 Å². The number of nitrogens with one attached hydrogen (secondary N) is 1. The van der Waals surface area contributed by atoms with Crippen LogP contribution in [0.1, 0.15) is 12.8 Å². The number of aliphatic carboxylic acids is 1. The molecule has 2 atom stereocenters. The molecule has 1 aliphatic carbocycles. The fourth-order valence-electron chi connectivity index (χ4n) is 1.94. The lowest BCUT2D eigenvalue weighted by atomic mass is 10.1. The zero-order chi connectivity index (χ0) is 10.2. The molecule has 2 N–H and O–H groups in total. The molecule has 0 radical (unpaired) electrons. The van der Waals surface area contributed by atoms with Gasteiger partial charge in [0.1, 0.15) is 6.04 Å². The molecule has 2 aliphatic rings. The number of carboxylic acid groups (broad SMARTS) is 1. The van der Waals surface area contributed by atoms with E-state index in [4.69, 9.17) is 9.84 Å². The molecule has 14 heavy (non-hydrogen) atoms. The lowest BCUT2D eigenvalue weighted by molar-refractivity contribution is -0.139. The Kier molecular flexibility index (Phi) is 2.72. The first kappa shape index (κ1) is 10.3. The third-order valence-corrected chi connectivity index (χ3v) is 4.40. The lowest BCUT2D eigenvalue weighted by Crippen LogP contribution is -2.49. The Hall–Kier alpha value is -0.260. The van der Waals surface area contributed by atoms with Gasteiger partial charge in [0.25, 0.3) is 0 Å². The van der Waals surface area contributed by atoms with Crippen LogP contribution in [0.5, 0.6) is 0 Å². The predicted octanol–water partition coefficient (Wildman–Crippen LogP) is 0.529. The molecule has 80 valence electrons. The van der Waals surface area contributed by atoms with Crippen LogP contribution in [0.15, 0.2) is 0 Å². The highest BCUT2D eigenvalue weighted by Crippen LogP contribution is 2.49. The number of rotatable bonds is 4. The molecule has 1 heterocycles. The van der Waals surface area contributed by atoms with Crippen molar-refractivity contribution in [3.05, 3.63) is 0 Å². The Morgan fingerprint density at radius 3 is 2.86 bits per heavy atom. The van der Waals surface area contributed by atoms with Gasteiger partial charge in [-0.15, -0.1) is 11.8 Å². The summed E-state index contributed by atoms with van der Waals surface area (Å²) < 4.78 is 5.18. The van der Waals surface area contributed by atoms with Gasteiger partial charge in [-0.25, -0.2) is 0 Å². The number of methoxy groups -OCH3 is 1. The Bertz CT molecular complexity index is 244. The number of carbonyl (C=O) groups is 1. The second-order valence-corrected chi connectivity index (χ2v) is 5.29. The van der Waals surface area contributed by atoms with Gasteiger partial charge in [0, 0.05) is 12.9 Å². The van der Waals surface area contributed by atoms with Crippen LogP contribution in [0.3, 0.4) is 0 Å². The molecule has 5 heteroatoms. The zero-order valence-electron chi connectivity index (χ0n) is 8.16. The smallest absolute Gasteiger partial charge is 0.321 e. The SMILES string of the molecule is COCC1(C2CC2)N[C@@H](C(=O)O)CS1. The number of hydrogen-bond acceptors (Lipinski definition) is 4. The molecule has 0 amide bonds. The summed E-state index contributed by atoms with van der Waals surface area (Å²) in [6.45, 7) is 0.603. The van der Waals surface area contributed by atoms with E-state index < -0.39 is 12.0 Å². The van der Waals surface area contributed by atoms with E-state index in [-0.39, 0.29) is 4.87 Å². The highest BCUT2D eigenvalue weighted by molar-refractivity contribution is 8.01. The molecule has 1 saturated heterocycles. The topological polar surface area (TPSA) is 58.6 Å². The maximum atomic E-state index is 10.8. The minimum Gasteiger partial charge on any atom is -0.480 e. The normalized spacial score (nSPS) is 37.4. The van der Waals surface area contributed by atoms with Gasteiger partial charge >= 0.3 is 5.97 Å². The van der Waals surface area contributed by atoms with E-state index in [1.165, 1.54) is 12.8 Å². The van der Waals surface area contributed by atoms with E-state index in [0.717, 1.165) is 0 Å². The summed E-state index contributed by atoms with van der Waals surface area (Å²) in [6, 6.07) is -0.407.